The van der Waals surface area contributed by atoms with Gasteiger partial charge in [-0.15, -0.1) is 0 Å². The molecule has 8 heteroatoms. The number of hydrogen-bond acceptors (Lipinski definition) is 5. The van der Waals surface area contributed by atoms with Crippen molar-refractivity contribution in [1.29, 1.82) is 0 Å². The number of nitrogens with one attached hydrogen (secondary N) is 1. The van der Waals surface area contributed by atoms with Gasteiger partial charge in [0.15, 0.2) is 0 Å². The highest BCUT2D eigenvalue weighted by Crippen LogP contribution is 2.10. The molecule has 0 aliphatic heterocycles. The van der Waals surface area contributed by atoms with Crippen LogP contribution in [0, 0.1) is 5.92 Å². The van der Waals surface area contributed by atoms with Crippen molar-refractivity contribution in [1.82, 2.24) is 5.32 Å². The quantitative estimate of drug-likeness (QED) is 0.655. The molecule has 0 aliphatic rings. The molecule has 0 saturated carbocycles. The van der Waals surface area contributed by atoms with E-state index in [0.717, 1.165) is 11.8 Å². The Kier molecular flexibility index (Phi) is 6.32. The Hall–Kier alpha value is -1.93. The molecule has 0 unspecified atom stereocenters. The van der Waals surface area contributed by atoms with Crippen LogP contribution in [0.2, 0.25) is 0 Å². The van der Waals surface area contributed by atoms with Crippen molar-refractivity contribution >= 4 is 22.0 Å². The largest absolute Gasteiger partial charge is 0.480 e. The van der Waals surface area contributed by atoms with E-state index in [0.29, 0.717) is 0 Å². The van der Waals surface area contributed by atoms with Gasteiger partial charge in [-0.3, -0.25) is 13.8 Å². The molecule has 1 amide bonds. The molecule has 21 heavy (non-hydrogen) atoms. The summed E-state index contributed by atoms with van der Waals surface area (Å²) in [5.41, 5.74) is 0.824. The van der Waals surface area contributed by atoms with Crippen LogP contribution in [0.4, 0.5) is 0 Å². The second-order valence-corrected chi connectivity index (χ2v) is 6.13. The Balaban J connectivity index is 2.73. The van der Waals surface area contributed by atoms with Crippen LogP contribution in [0.5, 0.6) is 0 Å². The van der Waals surface area contributed by atoms with Gasteiger partial charge in [-0.2, -0.15) is 8.42 Å². The highest BCUT2D eigenvalue weighted by Gasteiger charge is 2.21. The number of hydrogen-bond donors (Lipinski definition) is 2. The van der Waals surface area contributed by atoms with Gasteiger partial charge in [-0.25, -0.2) is 0 Å². The molecule has 1 atom stereocenters. The summed E-state index contributed by atoms with van der Waals surface area (Å²) in [4.78, 5) is 22.4. The lowest BCUT2D eigenvalue weighted by Crippen LogP contribution is -2.37. The first-order valence-corrected chi connectivity index (χ1v) is 7.97. The van der Waals surface area contributed by atoms with Crippen molar-refractivity contribution < 1.29 is 27.3 Å². The van der Waals surface area contributed by atoms with Crippen LogP contribution < -0.4 is 5.32 Å². The minimum absolute atomic E-state index is 0.252. The fourth-order valence-electron chi connectivity index (χ4n) is 1.64. The van der Waals surface area contributed by atoms with E-state index in [9.17, 15) is 18.0 Å². The van der Waals surface area contributed by atoms with Crippen LogP contribution in [-0.4, -0.2) is 44.8 Å². The highest BCUT2D eigenvalue weighted by atomic mass is 32.2. The van der Waals surface area contributed by atoms with Gasteiger partial charge in [0.05, 0.1) is 18.8 Å². The zero-order valence-corrected chi connectivity index (χ0v) is 12.3. The number of carbonyl (C=O) groups is 2. The van der Waals surface area contributed by atoms with Gasteiger partial charge in [-0.05, 0) is 12.0 Å². The van der Waals surface area contributed by atoms with Crippen LogP contribution >= 0.6 is 0 Å². The maximum Gasteiger partial charge on any atom is 0.322 e. The van der Waals surface area contributed by atoms with Crippen molar-refractivity contribution in [2.45, 2.75) is 6.42 Å². The molecule has 7 nitrogen and oxygen atoms in total. The number of benzene rings is 1. The zero-order chi connectivity index (χ0) is 15.9. The van der Waals surface area contributed by atoms with E-state index >= 15 is 0 Å². The smallest absolute Gasteiger partial charge is 0.322 e. The van der Waals surface area contributed by atoms with E-state index in [4.69, 9.17) is 5.11 Å². The van der Waals surface area contributed by atoms with Gasteiger partial charge in [0.1, 0.15) is 6.54 Å². The third kappa shape index (κ3) is 7.42. The number of carboxylic acids is 1. The Labute approximate surface area is 123 Å². The molecule has 1 aromatic rings. The second-order valence-electron chi connectivity index (χ2n) is 4.49. The standard InChI is InChI=1S/C13H17NO6S/c1-21(18,19)20-9-11(13(17)14-8-12(15)16)7-10-5-3-2-4-6-10/h2-6,11H,7-9H2,1H3,(H,14,17)(H,15,16)/t11-/m0/s1. The van der Waals surface area contributed by atoms with Gasteiger partial charge in [-0.1, -0.05) is 30.3 Å². The molecule has 116 valence electrons. The Morgan fingerprint density at radius 3 is 2.43 bits per heavy atom. The molecule has 1 rings (SSSR count). The van der Waals surface area contributed by atoms with Crippen molar-refractivity contribution in [3.05, 3.63) is 35.9 Å². The van der Waals surface area contributed by atoms with Crippen molar-refractivity contribution in [2.24, 2.45) is 5.92 Å². The molecular weight excluding hydrogens is 298 g/mol. The number of rotatable bonds is 8. The van der Waals surface area contributed by atoms with Crippen LogP contribution in [0.1, 0.15) is 5.56 Å². The summed E-state index contributed by atoms with van der Waals surface area (Å²) in [5, 5.41) is 10.8. The number of aliphatic carboxylic acids is 1. The molecular formula is C13H17NO6S. The lowest BCUT2D eigenvalue weighted by Gasteiger charge is -2.15. The van der Waals surface area contributed by atoms with E-state index in [2.05, 4.69) is 9.50 Å². The summed E-state index contributed by atoms with van der Waals surface area (Å²) in [6.07, 6.45) is 1.14. The topological polar surface area (TPSA) is 110 Å². The lowest BCUT2D eigenvalue weighted by molar-refractivity contribution is -0.138. The summed E-state index contributed by atoms with van der Waals surface area (Å²) in [6, 6.07) is 8.98. The highest BCUT2D eigenvalue weighted by molar-refractivity contribution is 7.85. The SMILES string of the molecule is CS(=O)(=O)OC[C@H](Cc1ccccc1)C(=O)NCC(=O)O. The predicted molar refractivity (Wildman–Crippen MR) is 75.1 cm³/mol. The Bertz CT molecular complexity index is 584. The van der Waals surface area contributed by atoms with Crippen molar-refractivity contribution in [3.63, 3.8) is 0 Å². The molecule has 2 N–H and O–H groups in total. The number of carbonyl (C=O) groups excluding carboxylic acids is 1. The zero-order valence-electron chi connectivity index (χ0n) is 11.5. The van der Waals surface area contributed by atoms with Crippen molar-refractivity contribution in [2.75, 3.05) is 19.4 Å². The fraction of sp³-hybridized carbons (Fsp3) is 0.385. The van der Waals surface area contributed by atoms with Crippen LogP contribution in [0.25, 0.3) is 0 Å². The molecule has 0 saturated heterocycles. The maximum atomic E-state index is 11.9. The average Bonchev–Trinajstić information content (AvgIpc) is 2.41. The van der Waals surface area contributed by atoms with E-state index in [-0.39, 0.29) is 13.0 Å². The average molecular weight is 315 g/mol. The molecule has 0 fully saturated rings. The van der Waals surface area contributed by atoms with E-state index in [1.165, 1.54) is 0 Å². The first-order chi connectivity index (χ1) is 9.78. The van der Waals surface area contributed by atoms with Gasteiger partial charge in [0, 0.05) is 0 Å². The first kappa shape index (κ1) is 17.1. The molecule has 0 heterocycles. The normalized spacial score (nSPS) is 12.6. The molecule has 0 aliphatic carbocycles. The summed E-state index contributed by atoms with van der Waals surface area (Å²) in [6.45, 7) is -0.859. The minimum Gasteiger partial charge on any atom is -0.480 e. The van der Waals surface area contributed by atoms with E-state index in [1.807, 2.05) is 6.07 Å². The first-order valence-electron chi connectivity index (χ1n) is 6.16. The Morgan fingerprint density at radius 1 is 1.29 bits per heavy atom. The monoisotopic (exact) mass is 315 g/mol. The van der Waals surface area contributed by atoms with Crippen LogP contribution in [-0.2, 0) is 30.3 Å². The number of carboxylic acid groups (broad SMARTS) is 1. The summed E-state index contributed by atoms with van der Waals surface area (Å²) >= 11 is 0. The molecule has 0 aromatic heterocycles. The van der Waals surface area contributed by atoms with Crippen LogP contribution in [0.3, 0.4) is 0 Å². The van der Waals surface area contributed by atoms with Crippen LogP contribution in [0.15, 0.2) is 30.3 Å². The van der Waals surface area contributed by atoms with E-state index < -0.39 is 34.5 Å². The molecule has 0 spiro atoms. The van der Waals surface area contributed by atoms with E-state index in [1.54, 1.807) is 24.3 Å². The minimum atomic E-state index is -3.67. The Morgan fingerprint density at radius 2 is 1.90 bits per heavy atom. The molecule has 0 radical (unpaired) electrons. The summed E-state index contributed by atoms with van der Waals surface area (Å²) < 4.78 is 26.7. The molecule has 1 aromatic carbocycles. The third-order valence-corrected chi connectivity index (χ3v) is 3.16. The van der Waals surface area contributed by atoms with Gasteiger partial charge in [0.2, 0.25) is 5.91 Å². The second kappa shape index (κ2) is 7.75. The van der Waals surface area contributed by atoms with Gasteiger partial charge < -0.3 is 10.4 Å². The molecule has 0 bridgehead atoms. The van der Waals surface area contributed by atoms with Gasteiger partial charge in [0.25, 0.3) is 10.1 Å². The third-order valence-electron chi connectivity index (χ3n) is 2.59. The number of amides is 1. The summed E-state index contributed by atoms with van der Waals surface area (Å²) in [5.74, 6) is -2.53. The maximum absolute atomic E-state index is 11.9. The summed E-state index contributed by atoms with van der Waals surface area (Å²) in [7, 11) is -3.67. The lowest BCUT2D eigenvalue weighted by atomic mass is 9.99. The predicted octanol–water partition coefficient (Wildman–Crippen LogP) is 0.0223. The fourth-order valence-corrected chi connectivity index (χ4v) is 2.05. The van der Waals surface area contributed by atoms with Gasteiger partial charge >= 0.3 is 5.97 Å². The van der Waals surface area contributed by atoms with Crippen molar-refractivity contribution in [3.8, 4) is 0 Å².